The van der Waals surface area contributed by atoms with Crippen molar-refractivity contribution >= 4 is 11.8 Å². The second-order valence-corrected chi connectivity index (χ2v) is 8.55. The van der Waals surface area contributed by atoms with E-state index in [-0.39, 0.29) is 29.6 Å². The Morgan fingerprint density at radius 1 is 1.20 bits per heavy atom. The smallest absolute Gasteiger partial charge is 0.258 e. The Hall–Kier alpha value is -3.02. The summed E-state index contributed by atoms with van der Waals surface area (Å²) in [6.07, 6.45) is 3.35. The maximum absolute atomic E-state index is 13.0. The van der Waals surface area contributed by atoms with E-state index in [1.54, 1.807) is 13.2 Å². The van der Waals surface area contributed by atoms with Crippen molar-refractivity contribution < 1.29 is 19.1 Å². The SMILES string of the molecule is COc1ccccc1CNC(=O)C1CC2CCC1CC21NC(=O)c2ccccc2O1. The first kappa shape index (κ1) is 19.0. The first-order valence-corrected chi connectivity index (χ1v) is 10.6. The van der Waals surface area contributed by atoms with E-state index in [9.17, 15) is 9.59 Å². The van der Waals surface area contributed by atoms with E-state index in [4.69, 9.17) is 9.47 Å². The maximum Gasteiger partial charge on any atom is 0.258 e. The van der Waals surface area contributed by atoms with Crippen molar-refractivity contribution in [2.75, 3.05) is 7.11 Å². The van der Waals surface area contributed by atoms with Gasteiger partial charge < -0.3 is 20.1 Å². The maximum atomic E-state index is 13.0. The molecule has 156 valence electrons. The van der Waals surface area contributed by atoms with Crippen LogP contribution in [-0.4, -0.2) is 24.6 Å². The molecule has 3 fully saturated rings. The van der Waals surface area contributed by atoms with Gasteiger partial charge in [-0.1, -0.05) is 30.3 Å². The molecule has 2 aromatic rings. The molecule has 30 heavy (non-hydrogen) atoms. The quantitative estimate of drug-likeness (QED) is 0.817. The van der Waals surface area contributed by atoms with Crippen molar-refractivity contribution in [3.05, 3.63) is 59.7 Å². The topological polar surface area (TPSA) is 76.7 Å². The number of benzene rings is 2. The fourth-order valence-electron chi connectivity index (χ4n) is 5.44. The Balaban J connectivity index is 1.29. The molecule has 0 aromatic heterocycles. The molecule has 6 heteroatoms. The zero-order chi connectivity index (χ0) is 20.7. The predicted molar refractivity (Wildman–Crippen MR) is 111 cm³/mol. The van der Waals surface area contributed by atoms with E-state index in [0.29, 0.717) is 24.3 Å². The van der Waals surface area contributed by atoms with Gasteiger partial charge in [-0.15, -0.1) is 0 Å². The van der Waals surface area contributed by atoms with E-state index in [1.165, 1.54) is 0 Å². The molecule has 3 saturated carbocycles. The number of ether oxygens (including phenoxy) is 2. The normalized spacial score (nSPS) is 29.0. The highest BCUT2D eigenvalue weighted by molar-refractivity contribution is 5.98. The highest BCUT2D eigenvalue weighted by Gasteiger charge is 2.57. The standard InChI is InChI=1S/C24H26N2O4/c1-29-20-8-4-2-6-16(20)14-25-22(27)19-12-17-11-10-15(19)13-24(17)26-23(28)18-7-3-5-9-21(18)30-24/h2-9,15,17,19H,10-14H2,1H3,(H,25,27)(H,26,28). The van der Waals surface area contributed by atoms with Gasteiger partial charge in [0, 0.05) is 30.4 Å². The minimum Gasteiger partial charge on any atom is -0.496 e. The van der Waals surface area contributed by atoms with Crippen LogP contribution in [0.15, 0.2) is 48.5 Å². The summed E-state index contributed by atoms with van der Waals surface area (Å²) in [6.45, 7) is 0.447. The summed E-state index contributed by atoms with van der Waals surface area (Å²) in [6, 6.07) is 15.1. The molecular weight excluding hydrogens is 380 g/mol. The van der Waals surface area contributed by atoms with E-state index >= 15 is 0 Å². The van der Waals surface area contributed by atoms with Gasteiger partial charge in [0.15, 0.2) is 5.72 Å². The summed E-state index contributed by atoms with van der Waals surface area (Å²) < 4.78 is 11.8. The van der Waals surface area contributed by atoms with E-state index in [0.717, 1.165) is 30.6 Å². The number of nitrogens with one attached hydrogen (secondary N) is 2. The summed E-state index contributed by atoms with van der Waals surface area (Å²) in [5, 5.41) is 6.24. The Kier molecular flexibility index (Phi) is 4.65. The second-order valence-electron chi connectivity index (χ2n) is 8.55. The fourth-order valence-corrected chi connectivity index (χ4v) is 5.44. The third-order valence-corrected chi connectivity index (χ3v) is 6.95. The van der Waals surface area contributed by atoms with Crippen LogP contribution in [-0.2, 0) is 11.3 Å². The largest absolute Gasteiger partial charge is 0.496 e. The minimum absolute atomic E-state index is 0.0539. The number of carbonyl (C=O) groups excluding carboxylic acids is 2. The summed E-state index contributed by atoms with van der Waals surface area (Å²) in [5.41, 5.74) is 0.856. The lowest BCUT2D eigenvalue weighted by atomic mass is 9.60. The van der Waals surface area contributed by atoms with E-state index < -0.39 is 5.72 Å². The van der Waals surface area contributed by atoms with Crippen LogP contribution in [0.3, 0.4) is 0 Å². The van der Waals surface area contributed by atoms with Crippen molar-refractivity contribution in [1.82, 2.24) is 10.6 Å². The van der Waals surface area contributed by atoms with Gasteiger partial charge in [0.25, 0.3) is 5.91 Å². The Labute approximate surface area is 176 Å². The average Bonchev–Trinajstić information content (AvgIpc) is 2.78. The number of amides is 2. The lowest BCUT2D eigenvalue weighted by Gasteiger charge is -2.55. The minimum atomic E-state index is -0.687. The number of carbonyl (C=O) groups is 2. The molecule has 4 unspecified atom stereocenters. The molecule has 0 saturated heterocycles. The number of hydrogen-bond acceptors (Lipinski definition) is 4. The van der Waals surface area contributed by atoms with Gasteiger partial charge in [-0.3, -0.25) is 9.59 Å². The molecule has 1 heterocycles. The molecule has 1 spiro atoms. The van der Waals surface area contributed by atoms with E-state index in [2.05, 4.69) is 10.6 Å². The van der Waals surface area contributed by atoms with Crippen molar-refractivity contribution in [2.45, 2.75) is 38.0 Å². The lowest BCUT2D eigenvalue weighted by molar-refractivity contribution is -0.146. The Bertz CT molecular complexity index is 991. The summed E-state index contributed by atoms with van der Waals surface area (Å²) in [7, 11) is 1.64. The summed E-state index contributed by atoms with van der Waals surface area (Å²) in [5.74, 6) is 1.68. The molecule has 4 aliphatic rings. The van der Waals surface area contributed by atoms with Crippen LogP contribution < -0.4 is 20.1 Å². The molecule has 2 bridgehead atoms. The molecule has 6 rings (SSSR count). The number of methoxy groups -OCH3 is 1. The van der Waals surface area contributed by atoms with Crippen LogP contribution in [0.4, 0.5) is 0 Å². The zero-order valence-corrected chi connectivity index (χ0v) is 17.0. The van der Waals surface area contributed by atoms with Crippen molar-refractivity contribution in [2.24, 2.45) is 17.8 Å². The van der Waals surface area contributed by atoms with Gasteiger partial charge in [0.1, 0.15) is 11.5 Å². The van der Waals surface area contributed by atoms with Crippen LogP contribution >= 0.6 is 0 Å². The summed E-state index contributed by atoms with van der Waals surface area (Å²) >= 11 is 0. The number of hydrogen-bond donors (Lipinski definition) is 2. The molecule has 0 radical (unpaired) electrons. The van der Waals surface area contributed by atoms with Crippen molar-refractivity contribution in [3.8, 4) is 11.5 Å². The molecule has 3 aliphatic carbocycles. The van der Waals surface area contributed by atoms with Gasteiger partial charge in [-0.25, -0.2) is 0 Å². The van der Waals surface area contributed by atoms with E-state index in [1.807, 2.05) is 42.5 Å². The monoisotopic (exact) mass is 406 g/mol. The molecule has 2 aromatic carbocycles. The van der Waals surface area contributed by atoms with Crippen LogP contribution in [0.1, 0.15) is 41.6 Å². The molecule has 6 nitrogen and oxygen atoms in total. The number of para-hydroxylation sites is 2. The van der Waals surface area contributed by atoms with Gasteiger partial charge in [0.2, 0.25) is 5.91 Å². The molecule has 1 aliphatic heterocycles. The third-order valence-electron chi connectivity index (χ3n) is 6.95. The van der Waals surface area contributed by atoms with Crippen molar-refractivity contribution in [1.29, 1.82) is 0 Å². The molecular formula is C24H26N2O4. The molecule has 2 N–H and O–H groups in total. The first-order chi connectivity index (χ1) is 14.6. The highest BCUT2D eigenvalue weighted by Crippen LogP contribution is 2.52. The predicted octanol–water partition coefficient (Wildman–Crippen LogP) is 3.27. The molecule has 4 atom stereocenters. The second kappa shape index (κ2) is 7.35. The van der Waals surface area contributed by atoms with Gasteiger partial charge >= 0.3 is 0 Å². The highest BCUT2D eigenvalue weighted by atomic mass is 16.5. The van der Waals surface area contributed by atoms with Gasteiger partial charge in [-0.05, 0) is 43.4 Å². The van der Waals surface area contributed by atoms with Crippen LogP contribution in [0, 0.1) is 17.8 Å². The summed E-state index contributed by atoms with van der Waals surface area (Å²) in [4.78, 5) is 25.7. The third kappa shape index (κ3) is 3.11. The number of rotatable bonds is 4. The lowest BCUT2D eigenvalue weighted by Crippen LogP contribution is -2.66. The van der Waals surface area contributed by atoms with Crippen LogP contribution in [0.25, 0.3) is 0 Å². The average molecular weight is 406 g/mol. The van der Waals surface area contributed by atoms with Crippen LogP contribution in [0.2, 0.25) is 0 Å². The number of fused-ring (bicyclic) bond motifs is 3. The fraction of sp³-hybridized carbons (Fsp3) is 0.417. The molecule has 2 amide bonds. The Morgan fingerprint density at radius 2 is 2.00 bits per heavy atom. The van der Waals surface area contributed by atoms with Crippen LogP contribution in [0.5, 0.6) is 11.5 Å². The van der Waals surface area contributed by atoms with Gasteiger partial charge in [-0.2, -0.15) is 0 Å². The first-order valence-electron chi connectivity index (χ1n) is 10.6. The van der Waals surface area contributed by atoms with Crippen molar-refractivity contribution in [3.63, 3.8) is 0 Å². The van der Waals surface area contributed by atoms with Gasteiger partial charge in [0.05, 0.1) is 12.7 Å². The zero-order valence-electron chi connectivity index (χ0n) is 17.0. The Morgan fingerprint density at radius 3 is 2.80 bits per heavy atom.